The number of rotatable bonds is 7. The molecule has 0 fully saturated rings. The Morgan fingerprint density at radius 3 is 2.43 bits per heavy atom. The van der Waals surface area contributed by atoms with E-state index < -0.39 is 5.41 Å². The van der Waals surface area contributed by atoms with E-state index in [4.69, 9.17) is 5.73 Å². The number of amides is 1. The summed E-state index contributed by atoms with van der Waals surface area (Å²) in [5, 5.41) is 3.05. The number of carbonyl (C=O) groups is 1. The maximum Gasteiger partial charge on any atom is 0.227 e. The lowest BCUT2D eigenvalue weighted by atomic mass is 9.81. The lowest BCUT2D eigenvalue weighted by Crippen LogP contribution is -2.45. The molecule has 0 spiro atoms. The Labute approximate surface area is 138 Å². The number of carbonyl (C=O) groups excluding carboxylic acids is 1. The van der Waals surface area contributed by atoms with Gasteiger partial charge in [0.15, 0.2) is 0 Å². The molecule has 0 radical (unpaired) electrons. The first kappa shape index (κ1) is 20.3. The van der Waals surface area contributed by atoms with Gasteiger partial charge in [0.05, 0.1) is 5.41 Å². The molecule has 120 valence electrons. The van der Waals surface area contributed by atoms with Crippen molar-refractivity contribution in [3.05, 3.63) is 29.3 Å². The molecule has 0 aliphatic rings. The second kappa shape index (κ2) is 9.34. The number of aryl methyl sites for hydroxylation is 1. The summed E-state index contributed by atoms with van der Waals surface area (Å²) in [5.74, 6) is 0.0672. The monoisotopic (exact) mass is 330 g/mol. The third-order valence-electron chi connectivity index (χ3n) is 4.11. The van der Waals surface area contributed by atoms with Crippen LogP contribution in [0.15, 0.2) is 23.1 Å². The summed E-state index contributed by atoms with van der Waals surface area (Å²) < 4.78 is 0. The highest BCUT2D eigenvalue weighted by Crippen LogP contribution is 2.26. The molecule has 21 heavy (non-hydrogen) atoms. The molecule has 1 aromatic rings. The van der Waals surface area contributed by atoms with Crippen molar-refractivity contribution >= 4 is 30.1 Å². The molecule has 0 atom stereocenters. The first-order valence-corrected chi connectivity index (χ1v) is 8.37. The molecule has 3 N–H and O–H groups in total. The van der Waals surface area contributed by atoms with E-state index in [2.05, 4.69) is 36.7 Å². The number of thioether (sulfide) groups is 1. The Morgan fingerprint density at radius 1 is 1.33 bits per heavy atom. The van der Waals surface area contributed by atoms with Crippen molar-refractivity contribution < 1.29 is 4.79 Å². The number of halogens is 1. The van der Waals surface area contributed by atoms with Crippen LogP contribution in [0.5, 0.6) is 0 Å². The highest BCUT2D eigenvalue weighted by molar-refractivity contribution is 7.98. The van der Waals surface area contributed by atoms with Crippen LogP contribution in [0.4, 0.5) is 0 Å². The second-order valence-electron chi connectivity index (χ2n) is 5.19. The molecule has 1 rings (SSSR count). The van der Waals surface area contributed by atoms with Crippen LogP contribution in [0.25, 0.3) is 0 Å². The van der Waals surface area contributed by atoms with Crippen LogP contribution in [0, 0.1) is 12.3 Å². The molecule has 5 heteroatoms. The van der Waals surface area contributed by atoms with Crippen molar-refractivity contribution in [2.45, 2.75) is 45.1 Å². The molecule has 1 amide bonds. The Kier molecular flexibility index (Phi) is 9.02. The van der Waals surface area contributed by atoms with Gasteiger partial charge >= 0.3 is 0 Å². The van der Waals surface area contributed by atoms with Crippen LogP contribution in [-0.4, -0.2) is 18.7 Å². The van der Waals surface area contributed by atoms with Crippen molar-refractivity contribution in [3.8, 4) is 0 Å². The van der Waals surface area contributed by atoms with Gasteiger partial charge in [-0.1, -0.05) is 26.0 Å². The van der Waals surface area contributed by atoms with E-state index in [0.717, 1.165) is 18.4 Å². The largest absolute Gasteiger partial charge is 0.351 e. The molecule has 0 saturated heterocycles. The van der Waals surface area contributed by atoms with Gasteiger partial charge in [-0.2, -0.15) is 0 Å². The summed E-state index contributed by atoms with van der Waals surface area (Å²) in [6, 6.07) is 6.32. The molecular formula is C16H27ClN2OS. The highest BCUT2D eigenvalue weighted by atomic mass is 35.5. The molecule has 3 nitrogen and oxygen atoms in total. The minimum atomic E-state index is -0.426. The standard InChI is InChI=1S/C16H26N2OS.ClH/c1-5-16(6-2,11-17)15(19)18-10-13-8-7-12(3)9-14(13)20-4;/h7-9H,5-6,10-11,17H2,1-4H3,(H,18,19);1H. The molecule has 0 heterocycles. The smallest absolute Gasteiger partial charge is 0.227 e. The van der Waals surface area contributed by atoms with Gasteiger partial charge in [-0.25, -0.2) is 0 Å². The van der Waals surface area contributed by atoms with Crippen LogP contribution in [-0.2, 0) is 11.3 Å². The Balaban J connectivity index is 0.00000400. The van der Waals surface area contributed by atoms with Gasteiger partial charge in [0.1, 0.15) is 0 Å². The zero-order valence-electron chi connectivity index (χ0n) is 13.4. The van der Waals surface area contributed by atoms with Gasteiger partial charge in [-0.15, -0.1) is 24.2 Å². The van der Waals surface area contributed by atoms with Crippen molar-refractivity contribution in [3.63, 3.8) is 0 Å². The average Bonchev–Trinajstić information content (AvgIpc) is 2.48. The molecule has 0 aliphatic carbocycles. The van der Waals surface area contributed by atoms with Crippen LogP contribution in [0.2, 0.25) is 0 Å². The second-order valence-corrected chi connectivity index (χ2v) is 6.04. The Bertz CT molecular complexity index is 453. The van der Waals surface area contributed by atoms with Gasteiger partial charge in [0.25, 0.3) is 0 Å². The molecule has 0 bridgehead atoms. The van der Waals surface area contributed by atoms with Gasteiger partial charge < -0.3 is 11.1 Å². The van der Waals surface area contributed by atoms with E-state index in [1.165, 1.54) is 10.5 Å². The number of hydrogen-bond acceptors (Lipinski definition) is 3. The fourth-order valence-electron chi connectivity index (χ4n) is 2.31. The van der Waals surface area contributed by atoms with Crippen molar-refractivity contribution in [1.82, 2.24) is 5.32 Å². The average molecular weight is 331 g/mol. The summed E-state index contributed by atoms with van der Waals surface area (Å²) in [4.78, 5) is 13.6. The lowest BCUT2D eigenvalue weighted by Gasteiger charge is -2.28. The number of hydrogen-bond donors (Lipinski definition) is 2. The van der Waals surface area contributed by atoms with Gasteiger partial charge in [-0.3, -0.25) is 4.79 Å². The van der Waals surface area contributed by atoms with Crippen LogP contribution >= 0.6 is 24.2 Å². The zero-order valence-corrected chi connectivity index (χ0v) is 15.0. The van der Waals surface area contributed by atoms with Gasteiger partial charge in [0.2, 0.25) is 5.91 Å². The molecule has 0 saturated carbocycles. The van der Waals surface area contributed by atoms with Crippen LogP contribution in [0.3, 0.4) is 0 Å². The van der Waals surface area contributed by atoms with Crippen LogP contribution in [0.1, 0.15) is 37.8 Å². The molecule has 1 aromatic carbocycles. The summed E-state index contributed by atoms with van der Waals surface area (Å²) >= 11 is 1.71. The maximum absolute atomic E-state index is 12.4. The number of nitrogens with one attached hydrogen (secondary N) is 1. The maximum atomic E-state index is 12.4. The molecular weight excluding hydrogens is 304 g/mol. The normalized spacial score (nSPS) is 10.9. The van der Waals surface area contributed by atoms with E-state index in [9.17, 15) is 4.79 Å². The highest BCUT2D eigenvalue weighted by Gasteiger charge is 2.32. The van der Waals surface area contributed by atoms with Crippen molar-refractivity contribution in [2.24, 2.45) is 11.1 Å². The molecule has 0 unspecified atom stereocenters. The first-order valence-electron chi connectivity index (χ1n) is 7.14. The number of benzene rings is 1. The van der Waals surface area contributed by atoms with E-state index >= 15 is 0 Å². The lowest BCUT2D eigenvalue weighted by molar-refractivity contribution is -0.131. The summed E-state index contributed by atoms with van der Waals surface area (Å²) in [6.45, 7) is 7.09. The summed E-state index contributed by atoms with van der Waals surface area (Å²) in [6.07, 6.45) is 3.60. The molecule has 0 aromatic heterocycles. The van der Waals surface area contributed by atoms with Crippen molar-refractivity contribution in [1.29, 1.82) is 0 Å². The minimum Gasteiger partial charge on any atom is -0.351 e. The Morgan fingerprint density at radius 2 is 1.95 bits per heavy atom. The van der Waals surface area contributed by atoms with E-state index in [1.807, 2.05) is 13.8 Å². The van der Waals surface area contributed by atoms with E-state index in [0.29, 0.717) is 13.1 Å². The predicted molar refractivity (Wildman–Crippen MR) is 94.1 cm³/mol. The van der Waals surface area contributed by atoms with Gasteiger partial charge in [0, 0.05) is 18.0 Å². The first-order chi connectivity index (χ1) is 9.52. The Hall–Kier alpha value is -0.710. The van der Waals surface area contributed by atoms with Crippen molar-refractivity contribution in [2.75, 3.05) is 12.8 Å². The summed E-state index contributed by atoms with van der Waals surface area (Å²) in [5.41, 5.74) is 7.78. The zero-order chi connectivity index (χ0) is 15.2. The fourth-order valence-corrected chi connectivity index (χ4v) is 3.02. The quantitative estimate of drug-likeness (QED) is 0.752. The number of nitrogens with two attached hydrogens (primary N) is 1. The summed E-state index contributed by atoms with van der Waals surface area (Å²) in [7, 11) is 0. The predicted octanol–water partition coefficient (Wildman–Crippen LogP) is 3.52. The third kappa shape index (κ3) is 4.90. The third-order valence-corrected chi connectivity index (χ3v) is 4.93. The van der Waals surface area contributed by atoms with E-state index in [-0.39, 0.29) is 18.3 Å². The topological polar surface area (TPSA) is 55.1 Å². The van der Waals surface area contributed by atoms with Gasteiger partial charge in [-0.05, 0) is 43.2 Å². The minimum absolute atomic E-state index is 0. The fraction of sp³-hybridized carbons (Fsp3) is 0.562. The molecule has 0 aliphatic heterocycles. The SMILES string of the molecule is CCC(CC)(CN)C(=O)NCc1ccc(C)cc1SC.Cl. The van der Waals surface area contributed by atoms with Crippen LogP contribution < -0.4 is 11.1 Å². The van der Waals surface area contributed by atoms with E-state index in [1.54, 1.807) is 11.8 Å².